The molecule has 0 bridgehead atoms. The molecule has 7 heteroatoms. The Labute approximate surface area is 166 Å². The number of rotatable bonds is 7. The maximum Gasteiger partial charge on any atom is 0.280 e. The van der Waals surface area contributed by atoms with Crippen LogP contribution in [0.5, 0.6) is 5.75 Å². The summed E-state index contributed by atoms with van der Waals surface area (Å²) in [6, 6.07) is 5.10. The van der Waals surface area contributed by atoms with Crippen molar-refractivity contribution in [3.8, 4) is 5.75 Å². The van der Waals surface area contributed by atoms with E-state index < -0.39 is 0 Å². The molecule has 27 heavy (non-hydrogen) atoms. The van der Waals surface area contributed by atoms with Gasteiger partial charge in [-0.1, -0.05) is 30.9 Å². The van der Waals surface area contributed by atoms with Gasteiger partial charge in [0.05, 0.1) is 19.8 Å². The predicted octanol–water partition coefficient (Wildman–Crippen LogP) is 1.98. The number of hydrogen-bond acceptors (Lipinski definition) is 3. The number of amides is 2. The van der Waals surface area contributed by atoms with Gasteiger partial charge >= 0.3 is 0 Å². The Morgan fingerprint density at radius 1 is 1.33 bits per heavy atom. The molecule has 0 saturated heterocycles. The van der Waals surface area contributed by atoms with Gasteiger partial charge in [-0.25, -0.2) is 0 Å². The third kappa shape index (κ3) is 5.84. The standard InChI is InChI=1S/C20H30ClN3O3/c1-14(20(26)24(3)16-8-6-5-7-9-16)23(2)13-19(25)22-17-12-15(21)10-11-18(17)27-4/h10-12,14,16H,5-9,13H2,1-4H3,(H,22,25)/p+1/t14-/m0/s1. The molecule has 0 heterocycles. The molecule has 0 aromatic heterocycles. The van der Waals surface area contributed by atoms with Crippen molar-refractivity contribution in [1.29, 1.82) is 0 Å². The molecule has 1 aromatic carbocycles. The van der Waals surface area contributed by atoms with Gasteiger partial charge in [0, 0.05) is 18.1 Å². The van der Waals surface area contributed by atoms with Crippen LogP contribution in [0.1, 0.15) is 39.0 Å². The van der Waals surface area contributed by atoms with Crippen LogP contribution in [0, 0.1) is 0 Å². The first kappa shape index (κ1) is 21.5. The van der Waals surface area contributed by atoms with E-state index in [0.29, 0.717) is 22.5 Å². The van der Waals surface area contributed by atoms with E-state index in [0.717, 1.165) is 17.7 Å². The van der Waals surface area contributed by atoms with Gasteiger partial charge in [0.25, 0.3) is 11.8 Å². The first-order valence-corrected chi connectivity index (χ1v) is 9.93. The smallest absolute Gasteiger partial charge is 0.280 e. The minimum absolute atomic E-state index is 0.0903. The predicted molar refractivity (Wildman–Crippen MR) is 107 cm³/mol. The summed E-state index contributed by atoms with van der Waals surface area (Å²) in [5, 5.41) is 3.34. The van der Waals surface area contributed by atoms with Gasteiger partial charge in [-0.05, 0) is 38.0 Å². The molecule has 1 saturated carbocycles. The van der Waals surface area contributed by atoms with Gasteiger partial charge in [0.15, 0.2) is 12.6 Å². The molecule has 0 spiro atoms. The first-order chi connectivity index (χ1) is 12.8. The Hall–Kier alpha value is -1.79. The van der Waals surface area contributed by atoms with E-state index in [1.54, 1.807) is 18.2 Å². The van der Waals surface area contributed by atoms with Crippen molar-refractivity contribution in [2.45, 2.75) is 51.1 Å². The summed E-state index contributed by atoms with van der Waals surface area (Å²) in [6.45, 7) is 2.06. The number of carbonyl (C=O) groups is 2. The van der Waals surface area contributed by atoms with Crippen LogP contribution in [0.2, 0.25) is 5.02 Å². The van der Waals surface area contributed by atoms with Crippen LogP contribution in [0.15, 0.2) is 18.2 Å². The zero-order valence-electron chi connectivity index (χ0n) is 16.7. The lowest BCUT2D eigenvalue weighted by Gasteiger charge is -2.33. The summed E-state index contributed by atoms with van der Waals surface area (Å²) in [5.74, 6) is 0.451. The summed E-state index contributed by atoms with van der Waals surface area (Å²) in [6.07, 6.45) is 5.77. The van der Waals surface area contributed by atoms with Crippen LogP contribution >= 0.6 is 11.6 Å². The monoisotopic (exact) mass is 396 g/mol. The van der Waals surface area contributed by atoms with Gasteiger partial charge in [0.1, 0.15) is 5.75 Å². The molecule has 2 atom stereocenters. The fraction of sp³-hybridized carbons (Fsp3) is 0.600. The summed E-state index contributed by atoms with van der Waals surface area (Å²) in [4.78, 5) is 28.0. The van der Waals surface area contributed by atoms with Crippen LogP contribution in [0.4, 0.5) is 5.69 Å². The Morgan fingerprint density at radius 2 is 2.00 bits per heavy atom. The van der Waals surface area contributed by atoms with Crippen LogP contribution < -0.4 is 15.0 Å². The van der Waals surface area contributed by atoms with E-state index in [-0.39, 0.29) is 24.4 Å². The molecule has 1 aromatic rings. The van der Waals surface area contributed by atoms with Crippen molar-refractivity contribution in [3.63, 3.8) is 0 Å². The van der Waals surface area contributed by atoms with Crippen LogP contribution in [0.3, 0.4) is 0 Å². The molecule has 1 aliphatic carbocycles. The lowest BCUT2D eigenvalue weighted by atomic mass is 9.94. The number of anilines is 1. The van der Waals surface area contributed by atoms with E-state index in [1.807, 2.05) is 25.9 Å². The van der Waals surface area contributed by atoms with Crippen molar-refractivity contribution in [3.05, 3.63) is 23.2 Å². The number of ether oxygens (including phenoxy) is 1. The molecule has 1 unspecified atom stereocenters. The second-order valence-corrected chi connectivity index (χ2v) is 7.82. The summed E-state index contributed by atoms with van der Waals surface area (Å²) in [7, 11) is 5.29. The highest BCUT2D eigenvalue weighted by molar-refractivity contribution is 6.31. The van der Waals surface area contributed by atoms with E-state index in [1.165, 1.54) is 26.4 Å². The molecule has 0 aliphatic heterocycles. The third-order valence-electron chi connectivity index (χ3n) is 5.45. The van der Waals surface area contributed by atoms with Gasteiger partial charge < -0.3 is 19.9 Å². The van der Waals surface area contributed by atoms with E-state index in [9.17, 15) is 9.59 Å². The minimum Gasteiger partial charge on any atom is -0.495 e. The van der Waals surface area contributed by atoms with Gasteiger partial charge in [0.2, 0.25) is 0 Å². The fourth-order valence-corrected chi connectivity index (χ4v) is 3.72. The minimum atomic E-state index is -0.288. The van der Waals surface area contributed by atoms with E-state index in [4.69, 9.17) is 16.3 Å². The maximum absolute atomic E-state index is 12.8. The molecule has 2 rings (SSSR count). The zero-order chi connectivity index (χ0) is 20.0. The maximum atomic E-state index is 12.8. The molecule has 150 valence electrons. The quantitative estimate of drug-likeness (QED) is 0.740. The number of likely N-dealkylation sites (N-methyl/N-ethyl adjacent to an activating group) is 2. The molecular weight excluding hydrogens is 366 g/mol. The second-order valence-electron chi connectivity index (χ2n) is 7.38. The van der Waals surface area contributed by atoms with Gasteiger partial charge in [-0.3, -0.25) is 9.59 Å². The number of halogens is 1. The summed E-state index contributed by atoms with van der Waals surface area (Å²) in [5.41, 5.74) is 0.529. The summed E-state index contributed by atoms with van der Waals surface area (Å²) >= 11 is 6.00. The topological polar surface area (TPSA) is 63.1 Å². The Bertz CT molecular complexity index is 662. The Kier molecular flexibility index (Phi) is 7.92. The number of hydrogen-bond donors (Lipinski definition) is 2. The first-order valence-electron chi connectivity index (χ1n) is 9.55. The number of nitrogens with zero attached hydrogens (tertiary/aromatic N) is 1. The second kappa shape index (κ2) is 9.95. The Morgan fingerprint density at radius 3 is 2.63 bits per heavy atom. The molecule has 6 nitrogen and oxygen atoms in total. The van der Waals surface area contributed by atoms with Crippen molar-refractivity contribution in [2.75, 3.05) is 33.1 Å². The lowest BCUT2D eigenvalue weighted by Crippen LogP contribution is -3.15. The van der Waals surface area contributed by atoms with Gasteiger partial charge in [-0.15, -0.1) is 0 Å². The number of methoxy groups -OCH3 is 1. The number of quaternary nitrogens is 1. The third-order valence-corrected chi connectivity index (χ3v) is 5.69. The number of carbonyl (C=O) groups excluding carboxylic acids is 2. The highest BCUT2D eigenvalue weighted by Gasteiger charge is 2.31. The van der Waals surface area contributed by atoms with Crippen molar-refractivity contribution >= 4 is 29.1 Å². The fourth-order valence-electron chi connectivity index (χ4n) is 3.54. The van der Waals surface area contributed by atoms with Crippen molar-refractivity contribution < 1.29 is 19.2 Å². The number of nitrogens with one attached hydrogen (secondary N) is 2. The van der Waals surface area contributed by atoms with Crippen molar-refractivity contribution in [2.24, 2.45) is 0 Å². The highest BCUT2D eigenvalue weighted by atomic mass is 35.5. The van der Waals surface area contributed by atoms with E-state index in [2.05, 4.69) is 5.32 Å². The van der Waals surface area contributed by atoms with E-state index >= 15 is 0 Å². The van der Waals surface area contributed by atoms with Crippen LogP contribution in [-0.4, -0.2) is 56.5 Å². The van der Waals surface area contributed by atoms with Crippen molar-refractivity contribution in [1.82, 2.24) is 4.90 Å². The highest BCUT2D eigenvalue weighted by Crippen LogP contribution is 2.27. The van der Waals surface area contributed by atoms with Crippen LogP contribution in [0.25, 0.3) is 0 Å². The molecule has 2 amide bonds. The van der Waals surface area contributed by atoms with Gasteiger partial charge in [-0.2, -0.15) is 0 Å². The largest absolute Gasteiger partial charge is 0.495 e. The molecular formula is C20H31ClN3O3+. The molecule has 1 fully saturated rings. The number of benzene rings is 1. The lowest BCUT2D eigenvalue weighted by molar-refractivity contribution is -0.886. The molecule has 0 radical (unpaired) electrons. The summed E-state index contributed by atoms with van der Waals surface area (Å²) < 4.78 is 5.25. The zero-order valence-corrected chi connectivity index (χ0v) is 17.4. The SMILES string of the molecule is COc1ccc(Cl)cc1NC(=O)C[NH+](C)[C@@H](C)C(=O)N(C)C1CCCCC1. The Balaban J connectivity index is 1.93. The normalized spacial score (nSPS) is 17.1. The molecule has 1 aliphatic rings. The average Bonchev–Trinajstić information content (AvgIpc) is 2.67. The average molecular weight is 397 g/mol. The molecule has 2 N–H and O–H groups in total. The van der Waals surface area contributed by atoms with Crippen LogP contribution in [-0.2, 0) is 9.59 Å².